The molecule has 1 N–H and O–H groups in total. The second kappa shape index (κ2) is 5.63. The minimum Gasteiger partial charge on any atom is -0.362 e. The van der Waals surface area contributed by atoms with Crippen LogP contribution in [0, 0.1) is 5.82 Å². The normalized spacial score (nSPS) is 12.2. The van der Waals surface area contributed by atoms with Gasteiger partial charge in [0.25, 0.3) is 0 Å². The Bertz CT molecular complexity index is 565. The first-order chi connectivity index (χ1) is 8.56. The molecule has 1 aromatic heterocycles. The number of nitrogens with zero attached hydrogens (tertiary/aromatic N) is 2. The van der Waals surface area contributed by atoms with Crippen LogP contribution in [0.4, 0.5) is 10.2 Å². The summed E-state index contributed by atoms with van der Waals surface area (Å²) in [5.74, 6) is 0.313. The summed E-state index contributed by atoms with van der Waals surface area (Å²) in [5.41, 5.74) is 0.830. The molecule has 94 valence electrons. The lowest BCUT2D eigenvalue weighted by Gasteiger charge is -2.15. The van der Waals surface area contributed by atoms with Crippen LogP contribution >= 0.6 is 27.5 Å². The van der Waals surface area contributed by atoms with Gasteiger partial charge in [-0.25, -0.2) is 9.37 Å². The molecule has 0 amide bonds. The molecule has 0 fully saturated rings. The predicted octanol–water partition coefficient (Wildman–Crippen LogP) is 4.20. The van der Waals surface area contributed by atoms with Gasteiger partial charge in [-0.1, -0.05) is 12.1 Å². The molecule has 1 unspecified atom stereocenters. The maximum atomic E-state index is 13.1. The second-order valence-corrected chi connectivity index (χ2v) is 4.95. The van der Waals surface area contributed by atoms with Crippen LogP contribution < -0.4 is 5.32 Å². The van der Waals surface area contributed by atoms with E-state index >= 15 is 0 Å². The molecule has 1 aromatic carbocycles. The number of anilines is 1. The van der Waals surface area contributed by atoms with E-state index in [1.165, 1.54) is 12.1 Å². The molecule has 1 heterocycles. The van der Waals surface area contributed by atoms with Crippen LogP contribution in [0.5, 0.6) is 0 Å². The topological polar surface area (TPSA) is 37.8 Å². The van der Waals surface area contributed by atoms with Crippen molar-refractivity contribution >= 4 is 33.3 Å². The number of nitrogens with one attached hydrogen (secondary N) is 1. The molecule has 0 saturated carbocycles. The number of aromatic nitrogens is 2. The lowest BCUT2D eigenvalue weighted by Crippen LogP contribution is -2.09. The van der Waals surface area contributed by atoms with Crippen LogP contribution in [0.1, 0.15) is 18.5 Å². The van der Waals surface area contributed by atoms with Gasteiger partial charge >= 0.3 is 0 Å². The number of hydrogen-bond donors (Lipinski definition) is 1. The molecular formula is C12H10BrClFN3. The van der Waals surface area contributed by atoms with Crippen LogP contribution in [0.2, 0.25) is 5.28 Å². The van der Waals surface area contributed by atoms with Gasteiger partial charge in [-0.15, -0.1) is 0 Å². The van der Waals surface area contributed by atoms with Crippen molar-refractivity contribution in [2.24, 2.45) is 0 Å². The average molecular weight is 331 g/mol. The van der Waals surface area contributed by atoms with Crippen LogP contribution in [0.25, 0.3) is 0 Å². The van der Waals surface area contributed by atoms with Crippen molar-refractivity contribution in [1.29, 1.82) is 0 Å². The summed E-state index contributed by atoms with van der Waals surface area (Å²) < 4.78 is 13.8. The summed E-state index contributed by atoms with van der Waals surface area (Å²) in [7, 11) is 0. The summed E-state index contributed by atoms with van der Waals surface area (Å²) in [6.45, 7) is 1.91. The van der Waals surface area contributed by atoms with Crippen LogP contribution in [-0.4, -0.2) is 9.97 Å². The van der Waals surface area contributed by atoms with E-state index in [0.29, 0.717) is 10.3 Å². The number of hydrogen-bond acceptors (Lipinski definition) is 3. The molecule has 0 radical (unpaired) electrons. The molecule has 0 aliphatic rings. The fraction of sp³-hybridized carbons (Fsp3) is 0.167. The monoisotopic (exact) mass is 329 g/mol. The van der Waals surface area contributed by atoms with Crippen LogP contribution in [0.3, 0.4) is 0 Å². The summed E-state index contributed by atoms with van der Waals surface area (Å²) in [4.78, 5) is 7.90. The lowest BCUT2D eigenvalue weighted by atomic mass is 10.1. The first-order valence-electron chi connectivity index (χ1n) is 5.26. The van der Waals surface area contributed by atoms with Crippen molar-refractivity contribution < 1.29 is 4.39 Å². The van der Waals surface area contributed by atoms with E-state index in [4.69, 9.17) is 11.6 Å². The first-order valence-corrected chi connectivity index (χ1v) is 6.43. The predicted molar refractivity (Wildman–Crippen MR) is 73.2 cm³/mol. The molecule has 0 saturated heterocycles. The summed E-state index contributed by atoms with van der Waals surface area (Å²) in [6, 6.07) is 6.31. The molecule has 2 aromatic rings. The third-order valence-corrected chi connectivity index (χ3v) is 3.18. The molecule has 3 nitrogen and oxygen atoms in total. The Balaban J connectivity index is 2.21. The molecule has 6 heteroatoms. The highest BCUT2D eigenvalue weighted by Crippen LogP contribution is 2.25. The smallest absolute Gasteiger partial charge is 0.224 e. The maximum Gasteiger partial charge on any atom is 0.224 e. The molecule has 0 aliphatic carbocycles. The third-order valence-electron chi connectivity index (χ3n) is 2.42. The zero-order valence-corrected chi connectivity index (χ0v) is 11.8. The first kappa shape index (κ1) is 13.2. The SMILES string of the molecule is CC(Nc1nc(Cl)ncc1Br)c1cccc(F)c1. The fourth-order valence-electron chi connectivity index (χ4n) is 1.51. The van der Waals surface area contributed by atoms with E-state index in [9.17, 15) is 4.39 Å². The Morgan fingerprint density at radius 2 is 2.22 bits per heavy atom. The van der Waals surface area contributed by atoms with Gasteiger partial charge in [-0.05, 0) is 52.2 Å². The van der Waals surface area contributed by atoms with Gasteiger partial charge < -0.3 is 5.32 Å². The fourth-order valence-corrected chi connectivity index (χ4v) is 1.95. The van der Waals surface area contributed by atoms with E-state index in [-0.39, 0.29) is 17.1 Å². The number of benzene rings is 1. The van der Waals surface area contributed by atoms with Crippen molar-refractivity contribution in [1.82, 2.24) is 9.97 Å². The van der Waals surface area contributed by atoms with Crippen molar-refractivity contribution in [3.63, 3.8) is 0 Å². The molecular weight excluding hydrogens is 321 g/mol. The largest absolute Gasteiger partial charge is 0.362 e. The van der Waals surface area contributed by atoms with Crippen molar-refractivity contribution in [2.45, 2.75) is 13.0 Å². The zero-order valence-electron chi connectivity index (χ0n) is 9.49. The Morgan fingerprint density at radius 1 is 1.44 bits per heavy atom. The number of halogens is 3. The molecule has 0 spiro atoms. The van der Waals surface area contributed by atoms with Gasteiger partial charge in [-0.3, -0.25) is 0 Å². The standard InChI is InChI=1S/C12H10BrClFN3/c1-7(8-3-2-4-9(15)5-8)17-11-10(13)6-16-12(14)18-11/h2-7H,1H3,(H,16,17,18). The Kier molecular flexibility index (Phi) is 4.14. The Morgan fingerprint density at radius 3 is 2.94 bits per heavy atom. The van der Waals surface area contributed by atoms with E-state index in [1.807, 2.05) is 13.0 Å². The van der Waals surface area contributed by atoms with Crippen molar-refractivity contribution in [2.75, 3.05) is 5.32 Å². The molecule has 0 bridgehead atoms. The van der Waals surface area contributed by atoms with Crippen molar-refractivity contribution in [3.8, 4) is 0 Å². The van der Waals surface area contributed by atoms with Gasteiger partial charge in [-0.2, -0.15) is 4.98 Å². The Labute approximate surface area is 118 Å². The average Bonchev–Trinajstić information content (AvgIpc) is 2.34. The molecule has 18 heavy (non-hydrogen) atoms. The molecule has 2 rings (SSSR count). The lowest BCUT2D eigenvalue weighted by molar-refractivity contribution is 0.623. The minimum atomic E-state index is -0.263. The second-order valence-electron chi connectivity index (χ2n) is 3.76. The van der Waals surface area contributed by atoms with E-state index in [1.54, 1.807) is 12.3 Å². The van der Waals surface area contributed by atoms with Gasteiger partial charge in [0, 0.05) is 6.20 Å². The van der Waals surface area contributed by atoms with Crippen molar-refractivity contribution in [3.05, 3.63) is 51.6 Å². The Hall–Kier alpha value is -1.20. The van der Waals surface area contributed by atoms with E-state index in [0.717, 1.165) is 5.56 Å². The highest BCUT2D eigenvalue weighted by Gasteiger charge is 2.10. The zero-order chi connectivity index (χ0) is 13.1. The minimum absolute atomic E-state index is 0.0945. The highest BCUT2D eigenvalue weighted by molar-refractivity contribution is 9.10. The van der Waals surface area contributed by atoms with Gasteiger partial charge in [0.15, 0.2) is 0 Å². The van der Waals surface area contributed by atoms with Crippen LogP contribution in [0.15, 0.2) is 34.9 Å². The van der Waals surface area contributed by atoms with Crippen LogP contribution in [-0.2, 0) is 0 Å². The molecule has 1 atom stereocenters. The third kappa shape index (κ3) is 3.17. The van der Waals surface area contributed by atoms with Gasteiger partial charge in [0.2, 0.25) is 5.28 Å². The molecule has 0 aliphatic heterocycles. The summed E-state index contributed by atoms with van der Waals surface area (Å²) in [5, 5.41) is 3.30. The maximum absolute atomic E-state index is 13.1. The summed E-state index contributed by atoms with van der Waals surface area (Å²) >= 11 is 9.05. The number of rotatable bonds is 3. The highest BCUT2D eigenvalue weighted by atomic mass is 79.9. The van der Waals surface area contributed by atoms with E-state index in [2.05, 4.69) is 31.2 Å². The van der Waals surface area contributed by atoms with E-state index < -0.39 is 0 Å². The summed E-state index contributed by atoms with van der Waals surface area (Å²) in [6.07, 6.45) is 1.57. The van der Waals surface area contributed by atoms with Gasteiger partial charge in [0.05, 0.1) is 10.5 Å². The van der Waals surface area contributed by atoms with Gasteiger partial charge in [0.1, 0.15) is 11.6 Å². The quantitative estimate of drug-likeness (QED) is 0.857.